The first-order chi connectivity index (χ1) is 11.0. The van der Waals surface area contributed by atoms with Crippen LogP contribution < -0.4 is 0 Å². The van der Waals surface area contributed by atoms with Crippen LogP contribution in [-0.2, 0) is 21.8 Å². The van der Waals surface area contributed by atoms with Gasteiger partial charge in [-0.1, -0.05) is 42.6 Å². The highest BCUT2D eigenvalue weighted by Gasteiger charge is 2.45. The van der Waals surface area contributed by atoms with Gasteiger partial charge in [0.05, 0.1) is 17.7 Å². The molecule has 1 saturated heterocycles. The number of halogens is 2. The van der Waals surface area contributed by atoms with Crippen molar-refractivity contribution in [3.05, 3.63) is 44.9 Å². The molecular weight excluding hydrogens is 357 g/mol. The van der Waals surface area contributed by atoms with Gasteiger partial charge in [0.1, 0.15) is 12.9 Å². The largest absolute Gasteiger partial charge is 0.342 e. The fourth-order valence-electron chi connectivity index (χ4n) is 2.73. The predicted molar refractivity (Wildman–Crippen MR) is 91.3 cm³/mol. The maximum atomic E-state index is 6.40. The molecule has 2 atom stereocenters. The van der Waals surface area contributed by atoms with Crippen LogP contribution in [0.1, 0.15) is 25.3 Å². The third-order valence-corrected chi connectivity index (χ3v) is 4.67. The number of aromatic nitrogens is 3. The summed E-state index contributed by atoms with van der Waals surface area (Å²) in [7, 11) is 0. The van der Waals surface area contributed by atoms with Crippen LogP contribution in [0, 0.1) is 4.77 Å². The summed E-state index contributed by atoms with van der Waals surface area (Å²) in [6.07, 6.45) is 3.48. The van der Waals surface area contributed by atoms with Gasteiger partial charge in [-0.05, 0) is 30.8 Å². The number of hydrogen-bond donors (Lipinski definition) is 1. The summed E-state index contributed by atoms with van der Waals surface area (Å²) in [5.74, 6) is -1.02. The van der Waals surface area contributed by atoms with Gasteiger partial charge in [0.2, 0.25) is 5.79 Å². The van der Waals surface area contributed by atoms with Gasteiger partial charge in [-0.25, -0.2) is 4.68 Å². The van der Waals surface area contributed by atoms with E-state index in [-0.39, 0.29) is 6.10 Å². The SMILES string of the molecule is CCCC1COC(Cn2nc[nH]c2=S)(c2ccc(Cl)cc2Cl)O1. The van der Waals surface area contributed by atoms with Gasteiger partial charge in [-0.15, -0.1) is 0 Å². The van der Waals surface area contributed by atoms with Gasteiger partial charge in [0.15, 0.2) is 4.77 Å². The second-order valence-corrected chi connectivity index (χ2v) is 6.70. The summed E-state index contributed by atoms with van der Waals surface area (Å²) in [6.45, 7) is 2.93. The summed E-state index contributed by atoms with van der Waals surface area (Å²) in [5, 5.41) is 5.26. The van der Waals surface area contributed by atoms with Crippen molar-refractivity contribution in [3.8, 4) is 0 Å². The van der Waals surface area contributed by atoms with Gasteiger partial charge < -0.3 is 14.5 Å². The van der Waals surface area contributed by atoms with Crippen LogP contribution in [0.5, 0.6) is 0 Å². The lowest BCUT2D eigenvalue weighted by atomic mass is 10.1. The van der Waals surface area contributed by atoms with Crippen molar-refractivity contribution in [1.29, 1.82) is 0 Å². The molecule has 5 nitrogen and oxygen atoms in total. The van der Waals surface area contributed by atoms with E-state index in [0.717, 1.165) is 18.4 Å². The van der Waals surface area contributed by atoms with Crippen LogP contribution in [0.4, 0.5) is 0 Å². The lowest BCUT2D eigenvalue weighted by Gasteiger charge is -2.29. The molecule has 0 bridgehead atoms. The maximum Gasteiger partial charge on any atom is 0.217 e. The van der Waals surface area contributed by atoms with E-state index in [1.54, 1.807) is 16.8 Å². The first-order valence-electron chi connectivity index (χ1n) is 7.42. The number of H-pyrrole nitrogens is 1. The topological polar surface area (TPSA) is 52.1 Å². The molecule has 0 saturated carbocycles. The zero-order valence-corrected chi connectivity index (χ0v) is 14.9. The Morgan fingerprint density at radius 2 is 2.30 bits per heavy atom. The summed E-state index contributed by atoms with van der Waals surface area (Å²) >= 11 is 17.6. The van der Waals surface area contributed by atoms with E-state index in [0.29, 0.717) is 28.0 Å². The van der Waals surface area contributed by atoms with Crippen LogP contribution in [0.25, 0.3) is 0 Å². The van der Waals surface area contributed by atoms with Crippen LogP contribution in [0.15, 0.2) is 24.5 Å². The Balaban J connectivity index is 2.00. The van der Waals surface area contributed by atoms with Crippen molar-refractivity contribution in [3.63, 3.8) is 0 Å². The second-order valence-electron chi connectivity index (χ2n) is 5.47. The van der Waals surface area contributed by atoms with Crippen molar-refractivity contribution >= 4 is 35.4 Å². The Morgan fingerprint density at radius 3 is 2.96 bits per heavy atom. The zero-order valence-electron chi connectivity index (χ0n) is 12.6. The Morgan fingerprint density at radius 1 is 1.48 bits per heavy atom. The van der Waals surface area contributed by atoms with E-state index in [2.05, 4.69) is 17.0 Å². The third kappa shape index (κ3) is 3.46. The summed E-state index contributed by atoms with van der Waals surface area (Å²) in [4.78, 5) is 2.87. The minimum absolute atomic E-state index is 0.0138. The molecule has 0 amide bonds. The van der Waals surface area contributed by atoms with Gasteiger partial charge in [-0.3, -0.25) is 0 Å². The highest BCUT2D eigenvalue weighted by molar-refractivity contribution is 7.71. The van der Waals surface area contributed by atoms with Gasteiger partial charge in [-0.2, -0.15) is 5.10 Å². The van der Waals surface area contributed by atoms with Crippen molar-refractivity contribution in [2.75, 3.05) is 6.61 Å². The average Bonchev–Trinajstić information content (AvgIpc) is 3.08. The van der Waals surface area contributed by atoms with E-state index in [1.165, 1.54) is 6.33 Å². The van der Waals surface area contributed by atoms with Crippen LogP contribution in [-0.4, -0.2) is 27.5 Å². The molecule has 1 aromatic heterocycles. The van der Waals surface area contributed by atoms with E-state index in [9.17, 15) is 0 Å². The van der Waals surface area contributed by atoms with E-state index in [1.807, 2.05) is 6.07 Å². The molecule has 0 aliphatic carbocycles. The summed E-state index contributed by atoms with van der Waals surface area (Å²) in [6, 6.07) is 5.29. The Kier molecular flexibility index (Phi) is 5.08. The zero-order chi connectivity index (χ0) is 16.4. The monoisotopic (exact) mass is 373 g/mol. The molecular formula is C15H17Cl2N3O2S. The molecule has 0 spiro atoms. The van der Waals surface area contributed by atoms with Crippen LogP contribution in [0.2, 0.25) is 10.0 Å². The van der Waals surface area contributed by atoms with Gasteiger partial charge >= 0.3 is 0 Å². The van der Waals surface area contributed by atoms with E-state index in [4.69, 9.17) is 44.9 Å². The molecule has 2 aromatic rings. The Labute approximate surface area is 149 Å². The minimum Gasteiger partial charge on any atom is -0.342 e. The lowest BCUT2D eigenvalue weighted by Crippen LogP contribution is -2.34. The molecule has 2 unspecified atom stereocenters. The lowest BCUT2D eigenvalue weighted by molar-refractivity contribution is -0.189. The predicted octanol–water partition coefficient (Wildman–Crippen LogP) is 4.32. The molecule has 2 heterocycles. The smallest absolute Gasteiger partial charge is 0.217 e. The molecule has 23 heavy (non-hydrogen) atoms. The number of nitrogens with zero attached hydrogens (tertiary/aromatic N) is 2. The third-order valence-electron chi connectivity index (χ3n) is 3.79. The van der Waals surface area contributed by atoms with Crippen molar-refractivity contribution in [2.45, 2.75) is 38.2 Å². The molecule has 1 N–H and O–H groups in total. The van der Waals surface area contributed by atoms with Crippen molar-refractivity contribution < 1.29 is 9.47 Å². The van der Waals surface area contributed by atoms with Gasteiger partial charge in [0, 0.05) is 10.6 Å². The number of hydrogen-bond acceptors (Lipinski definition) is 4. The summed E-state index contributed by atoms with van der Waals surface area (Å²) < 4.78 is 14.5. The van der Waals surface area contributed by atoms with Crippen LogP contribution in [0.3, 0.4) is 0 Å². The molecule has 1 aromatic carbocycles. The van der Waals surface area contributed by atoms with Crippen LogP contribution >= 0.6 is 35.4 Å². The van der Waals surface area contributed by atoms with E-state index >= 15 is 0 Å². The van der Waals surface area contributed by atoms with Crippen molar-refractivity contribution in [2.24, 2.45) is 0 Å². The van der Waals surface area contributed by atoms with Crippen molar-refractivity contribution in [1.82, 2.24) is 14.8 Å². The molecule has 0 radical (unpaired) electrons. The number of ether oxygens (including phenoxy) is 2. The Hall–Kier alpha value is -0.920. The highest BCUT2D eigenvalue weighted by atomic mass is 35.5. The number of aromatic amines is 1. The molecule has 124 valence electrons. The first-order valence-corrected chi connectivity index (χ1v) is 8.58. The minimum atomic E-state index is -1.02. The maximum absolute atomic E-state index is 6.40. The fraction of sp³-hybridized carbons (Fsp3) is 0.467. The number of nitrogens with one attached hydrogen (secondary N) is 1. The highest BCUT2D eigenvalue weighted by Crippen LogP contribution is 2.41. The molecule has 3 rings (SSSR count). The summed E-state index contributed by atoms with van der Waals surface area (Å²) in [5.41, 5.74) is 0.729. The average molecular weight is 374 g/mol. The van der Waals surface area contributed by atoms with E-state index < -0.39 is 5.79 Å². The first kappa shape index (κ1) is 16.9. The fourth-order valence-corrected chi connectivity index (χ4v) is 3.44. The quantitative estimate of drug-likeness (QED) is 0.793. The molecule has 8 heteroatoms. The number of rotatable bonds is 5. The number of benzene rings is 1. The second kappa shape index (κ2) is 6.91. The molecule has 1 fully saturated rings. The Bertz CT molecular complexity index is 748. The van der Waals surface area contributed by atoms with Gasteiger partial charge in [0.25, 0.3) is 0 Å². The normalized spacial score (nSPS) is 24.2. The molecule has 1 aliphatic rings. The molecule has 1 aliphatic heterocycles. The standard InChI is InChI=1S/C15H17Cl2N3O2S/c1-2-3-11-7-21-15(22-11,8-20-14(23)18-9-19-20)12-5-4-10(16)6-13(12)17/h4-6,9,11H,2-3,7-8H2,1H3,(H,18,19,23).